The third-order valence-electron chi connectivity index (χ3n) is 3.34. The van der Waals surface area contributed by atoms with Crippen molar-refractivity contribution in [2.24, 2.45) is 0 Å². The Balaban J connectivity index is 3.38. The summed E-state index contributed by atoms with van der Waals surface area (Å²) in [4.78, 5) is 11.7. The van der Waals surface area contributed by atoms with Gasteiger partial charge < -0.3 is 9.47 Å². The number of esters is 1. The summed E-state index contributed by atoms with van der Waals surface area (Å²) in [6.07, 6.45) is 0. The molecule has 0 amide bonds. The molecule has 0 saturated heterocycles. The first kappa shape index (κ1) is 21.2. The third-order valence-corrected chi connectivity index (χ3v) is 6.35. The van der Waals surface area contributed by atoms with Crippen molar-refractivity contribution in [2.45, 2.75) is 25.7 Å². The van der Waals surface area contributed by atoms with Gasteiger partial charge in [-0.3, -0.25) is 4.79 Å². The number of methoxy groups -OCH3 is 1. The first-order chi connectivity index (χ1) is 11.2. The van der Waals surface area contributed by atoms with E-state index in [4.69, 9.17) is 32.7 Å². The fourth-order valence-corrected chi connectivity index (χ4v) is 4.61. The van der Waals surface area contributed by atoms with Gasteiger partial charge in [0.15, 0.2) is 0 Å². The van der Waals surface area contributed by atoms with Crippen LogP contribution in [0.1, 0.15) is 18.1 Å². The topological polar surface area (TPSA) is 72.9 Å². The van der Waals surface area contributed by atoms with E-state index < -0.39 is 22.5 Å². The number of nitrogens with zero attached hydrogens (tertiary/aromatic N) is 1. The maximum Gasteiger partial charge on any atom is 0.321 e. The number of hydrogen-bond donors (Lipinski definition) is 0. The standard InChI is InChI=1S/C15H21Cl2NO5S/c1-5-23-13(19)9-18(6-7-22-4)24(20,21)15-11(3)12(16)8-10(2)14(15)17/h8H,5-7,9H2,1-4H3. The second kappa shape index (κ2) is 9.01. The molecule has 0 atom stereocenters. The van der Waals surface area contributed by atoms with E-state index in [1.54, 1.807) is 26.8 Å². The van der Waals surface area contributed by atoms with Gasteiger partial charge in [-0.1, -0.05) is 23.2 Å². The van der Waals surface area contributed by atoms with E-state index in [-0.39, 0.29) is 29.7 Å². The molecule has 0 heterocycles. The fourth-order valence-electron chi connectivity index (χ4n) is 2.08. The minimum absolute atomic E-state index is 0.0149. The van der Waals surface area contributed by atoms with Gasteiger partial charge >= 0.3 is 5.97 Å². The fraction of sp³-hybridized carbons (Fsp3) is 0.533. The number of benzene rings is 1. The SMILES string of the molecule is CCOC(=O)CN(CCOC)S(=O)(=O)c1c(C)c(Cl)cc(C)c1Cl. The second-order valence-corrected chi connectivity index (χ2v) is 7.74. The number of carbonyl (C=O) groups excluding carboxylic acids is 1. The van der Waals surface area contributed by atoms with Crippen LogP contribution in [-0.2, 0) is 24.3 Å². The highest BCUT2D eigenvalue weighted by Gasteiger charge is 2.32. The predicted octanol–water partition coefficient (Wildman–Crippen LogP) is 2.81. The van der Waals surface area contributed by atoms with Crippen molar-refractivity contribution < 1.29 is 22.7 Å². The number of aryl methyl sites for hydroxylation is 1. The molecule has 0 saturated carbocycles. The summed E-state index contributed by atoms with van der Waals surface area (Å²) in [5.74, 6) is -0.648. The van der Waals surface area contributed by atoms with Crippen molar-refractivity contribution in [1.82, 2.24) is 4.31 Å². The molecular formula is C15H21Cl2NO5S. The monoisotopic (exact) mass is 397 g/mol. The molecule has 136 valence electrons. The minimum atomic E-state index is -4.06. The molecule has 24 heavy (non-hydrogen) atoms. The van der Waals surface area contributed by atoms with Crippen LogP contribution in [0.15, 0.2) is 11.0 Å². The van der Waals surface area contributed by atoms with E-state index in [9.17, 15) is 13.2 Å². The Morgan fingerprint density at radius 1 is 1.29 bits per heavy atom. The van der Waals surface area contributed by atoms with Gasteiger partial charge in [0.1, 0.15) is 11.4 Å². The summed E-state index contributed by atoms with van der Waals surface area (Å²) >= 11 is 12.3. The van der Waals surface area contributed by atoms with Crippen molar-refractivity contribution >= 4 is 39.2 Å². The Labute approximate surface area is 152 Å². The van der Waals surface area contributed by atoms with Gasteiger partial charge in [-0.15, -0.1) is 0 Å². The van der Waals surface area contributed by atoms with Gasteiger partial charge in [0.25, 0.3) is 0 Å². The molecule has 0 fully saturated rings. The molecule has 0 unspecified atom stereocenters. The summed E-state index contributed by atoms with van der Waals surface area (Å²) in [5, 5.41) is 0.376. The van der Waals surface area contributed by atoms with Crippen LogP contribution in [0, 0.1) is 13.8 Å². The molecule has 1 rings (SSSR count). The Morgan fingerprint density at radius 2 is 1.92 bits per heavy atom. The molecule has 9 heteroatoms. The van der Waals surface area contributed by atoms with E-state index in [0.29, 0.717) is 16.1 Å². The van der Waals surface area contributed by atoms with Gasteiger partial charge in [0, 0.05) is 18.7 Å². The summed E-state index contributed by atoms with van der Waals surface area (Å²) < 4.78 is 36.9. The molecule has 0 spiro atoms. The minimum Gasteiger partial charge on any atom is -0.465 e. The van der Waals surface area contributed by atoms with Crippen molar-refractivity contribution in [2.75, 3.05) is 33.4 Å². The molecular weight excluding hydrogens is 377 g/mol. The van der Waals surface area contributed by atoms with Gasteiger partial charge in [-0.25, -0.2) is 8.42 Å². The maximum atomic E-state index is 13.0. The first-order valence-corrected chi connectivity index (χ1v) is 9.46. The van der Waals surface area contributed by atoms with Gasteiger partial charge in [-0.2, -0.15) is 4.31 Å². The molecule has 0 radical (unpaired) electrons. The lowest BCUT2D eigenvalue weighted by Crippen LogP contribution is -2.39. The van der Waals surface area contributed by atoms with Crippen molar-refractivity contribution in [3.05, 3.63) is 27.2 Å². The zero-order chi connectivity index (χ0) is 18.5. The molecule has 1 aromatic rings. The summed E-state index contributed by atoms with van der Waals surface area (Å²) in [7, 11) is -2.62. The van der Waals surface area contributed by atoms with Gasteiger partial charge in [0.2, 0.25) is 10.0 Å². The second-order valence-electron chi connectivity index (χ2n) is 5.08. The average Bonchev–Trinajstić information content (AvgIpc) is 2.49. The molecule has 0 N–H and O–H groups in total. The van der Waals surface area contributed by atoms with Crippen LogP contribution in [0.25, 0.3) is 0 Å². The molecule has 0 aliphatic carbocycles. The lowest BCUT2D eigenvalue weighted by molar-refractivity contribution is -0.143. The highest BCUT2D eigenvalue weighted by molar-refractivity contribution is 7.89. The number of ether oxygens (including phenoxy) is 2. The highest BCUT2D eigenvalue weighted by atomic mass is 35.5. The quantitative estimate of drug-likeness (QED) is 0.630. The van der Waals surface area contributed by atoms with Crippen molar-refractivity contribution in [3.8, 4) is 0 Å². The summed E-state index contributed by atoms with van der Waals surface area (Å²) in [6.45, 7) is 4.71. The number of sulfonamides is 1. The van der Waals surface area contributed by atoms with Crippen molar-refractivity contribution in [1.29, 1.82) is 0 Å². The Hall–Kier alpha value is -0.860. The van der Waals surface area contributed by atoms with E-state index in [1.165, 1.54) is 7.11 Å². The lowest BCUT2D eigenvalue weighted by atomic mass is 10.2. The van der Waals surface area contributed by atoms with E-state index >= 15 is 0 Å². The molecule has 6 nitrogen and oxygen atoms in total. The summed E-state index contributed by atoms with van der Waals surface area (Å²) in [6, 6.07) is 1.60. The van der Waals surface area contributed by atoms with E-state index in [2.05, 4.69) is 0 Å². The van der Waals surface area contributed by atoms with Crippen molar-refractivity contribution in [3.63, 3.8) is 0 Å². The largest absolute Gasteiger partial charge is 0.465 e. The number of halogens is 2. The van der Waals surface area contributed by atoms with Crippen LogP contribution >= 0.6 is 23.2 Å². The smallest absolute Gasteiger partial charge is 0.321 e. The Bertz CT molecular complexity index is 680. The predicted molar refractivity (Wildman–Crippen MR) is 93.2 cm³/mol. The van der Waals surface area contributed by atoms with Crippen LogP contribution in [0.4, 0.5) is 0 Å². The van der Waals surface area contributed by atoms with Crippen LogP contribution < -0.4 is 0 Å². The van der Waals surface area contributed by atoms with Crippen LogP contribution in [0.3, 0.4) is 0 Å². The van der Waals surface area contributed by atoms with Crippen LogP contribution in [0.2, 0.25) is 10.0 Å². The molecule has 0 bridgehead atoms. The Kier molecular flexibility index (Phi) is 7.95. The number of carbonyl (C=O) groups is 1. The van der Waals surface area contributed by atoms with Gasteiger partial charge in [0.05, 0.1) is 18.2 Å². The van der Waals surface area contributed by atoms with Crippen LogP contribution in [-0.4, -0.2) is 52.1 Å². The number of rotatable bonds is 8. The third kappa shape index (κ3) is 4.83. The summed E-state index contributed by atoms with van der Waals surface area (Å²) in [5.41, 5.74) is 0.868. The molecule has 0 aliphatic rings. The van der Waals surface area contributed by atoms with Crippen LogP contribution in [0.5, 0.6) is 0 Å². The zero-order valence-electron chi connectivity index (χ0n) is 14.1. The first-order valence-electron chi connectivity index (χ1n) is 7.26. The van der Waals surface area contributed by atoms with E-state index in [1.807, 2.05) is 0 Å². The molecule has 1 aromatic carbocycles. The van der Waals surface area contributed by atoms with Gasteiger partial charge in [-0.05, 0) is 38.0 Å². The lowest BCUT2D eigenvalue weighted by Gasteiger charge is -2.23. The maximum absolute atomic E-state index is 13.0. The molecule has 0 aliphatic heterocycles. The average molecular weight is 398 g/mol. The Morgan fingerprint density at radius 3 is 2.46 bits per heavy atom. The zero-order valence-corrected chi connectivity index (χ0v) is 16.4. The van der Waals surface area contributed by atoms with E-state index in [0.717, 1.165) is 4.31 Å². The highest BCUT2D eigenvalue weighted by Crippen LogP contribution is 2.35. The normalized spacial score (nSPS) is 11.8. The molecule has 0 aromatic heterocycles. The number of hydrogen-bond acceptors (Lipinski definition) is 5.